The van der Waals surface area contributed by atoms with Crippen LogP contribution in [-0.4, -0.2) is 25.6 Å². The summed E-state index contributed by atoms with van der Waals surface area (Å²) in [4.78, 5) is 11.9. The molecule has 0 amide bonds. The van der Waals surface area contributed by atoms with Crippen molar-refractivity contribution in [1.29, 1.82) is 0 Å². The SMILES string of the molecule is COc1ccc(S(=O)(=O)N2C=CC(=O)C[C@@H]2c2ccc(F)cc2)cc1. The number of nitrogens with zero attached hydrogens (tertiary/aromatic N) is 1. The highest BCUT2D eigenvalue weighted by Crippen LogP contribution is 2.34. The minimum atomic E-state index is -3.87. The van der Waals surface area contributed by atoms with Crippen LogP contribution in [0.3, 0.4) is 0 Å². The van der Waals surface area contributed by atoms with Gasteiger partial charge in [-0.3, -0.25) is 9.10 Å². The van der Waals surface area contributed by atoms with Crippen LogP contribution in [0.5, 0.6) is 5.75 Å². The van der Waals surface area contributed by atoms with Gasteiger partial charge in [0, 0.05) is 12.6 Å². The first-order valence-corrected chi connectivity index (χ1v) is 9.00. The Bertz CT molecular complexity index is 905. The second-order valence-electron chi connectivity index (χ2n) is 5.56. The lowest BCUT2D eigenvalue weighted by molar-refractivity contribution is -0.115. The zero-order valence-corrected chi connectivity index (χ0v) is 14.2. The number of carbonyl (C=O) groups is 1. The molecule has 0 aromatic heterocycles. The second kappa shape index (κ2) is 6.68. The summed E-state index contributed by atoms with van der Waals surface area (Å²) in [7, 11) is -2.38. The molecule has 25 heavy (non-hydrogen) atoms. The Morgan fingerprint density at radius 2 is 1.72 bits per heavy atom. The number of allylic oxidation sites excluding steroid dienone is 1. The van der Waals surface area contributed by atoms with Crippen molar-refractivity contribution in [2.75, 3.05) is 7.11 Å². The van der Waals surface area contributed by atoms with E-state index >= 15 is 0 Å². The van der Waals surface area contributed by atoms with Crippen LogP contribution in [0.15, 0.2) is 65.7 Å². The first-order chi connectivity index (χ1) is 11.9. The fourth-order valence-electron chi connectivity index (χ4n) is 2.68. The molecule has 0 fully saturated rings. The molecular weight excluding hydrogens is 345 g/mol. The summed E-state index contributed by atoms with van der Waals surface area (Å²) in [5, 5.41) is 0. The third-order valence-corrected chi connectivity index (χ3v) is 5.80. The van der Waals surface area contributed by atoms with Crippen molar-refractivity contribution in [3.05, 3.63) is 72.2 Å². The highest BCUT2D eigenvalue weighted by atomic mass is 32.2. The molecule has 1 atom stereocenters. The molecule has 1 aliphatic rings. The van der Waals surface area contributed by atoms with E-state index < -0.39 is 21.9 Å². The van der Waals surface area contributed by atoms with Gasteiger partial charge in [0.25, 0.3) is 10.0 Å². The molecule has 1 heterocycles. The van der Waals surface area contributed by atoms with Crippen LogP contribution in [0.1, 0.15) is 18.0 Å². The predicted octanol–water partition coefficient (Wildman–Crippen LogP) is 3.05. The number of hydrogen-bond acceptors (Lipinski definition) is 4. The van der Waals surface area contributed by atoms with E-state index in [0.29, 0.717) is 11.3 Å². The molecule has 0 radical (unpaired) electrons. The molecule has 130 valence electrons. The molecule has 0 saturated heterocycles. The van der Waals surface area contributed by atoms with E-state index in [-0.39, 0.29) is 17.1 Å². The average molecular weight is 361 g/mol. The van der Waals surface area contributed by atoms with Crippen LogP contribution in [0, 0.1) is 5.82 Å². The van der Waals surface area contributed by atoms with Crippen molar-refractivity contribution >= 4 is 15.8 Å². The maximum absolute atomic E-state index is 13.2. The highest BCUT2D eigenvalue weighted by Gasteiger charge is 2.33. The standard InChI is InChI=1S/C18H16FNO4S/c1-24-16-6-8-17(9-7-16)25(22,23)20-11-10-15(21)12-18(20)13-2-4-14(19)5-3-13/h2-11,18H,12H2,1H3/t18-/m1/s1. The van der Waals surface area contributed by atoms with Gasteiger partial charge in [0.15, 0.2) is 5.78 Å². The molecule has 0 aliphatic carbocycles. The molecule has 0 saturated carbocycles. The zero-order chi connectivity index (χ0) is 18.0. The third kappa shape index (κ3) is 3.41. The van der Waals surface area contributed by atoms with Crippen LogP contribution < -0.4 is 4.74 Å². The molecular formula is C18H16FNO4S. The van der Waals surface area contributed by atoms with Crippen LogP contribution in [-0.2, 0) is 14.8 Å². The lowest BCUT2D eigenvalue weighted by Crippen LogP contribution is -2.34. The summed E-state index contributed by atoms with van der Waals surface area (Å²) < 4.78 is 45.3. The van der Waals surface area contributed by atoms with Gasteiger partial charge in [0.2, 0.25) is 0 Å². The summed E-state index contributed by atoms with van der Waals surface area (Å²) in [6.07, 6.45) is 2.50. The Kier molecular flexibility index (Phi) is 4.59. The Balaban J connectivity index is 2.02. The van der Waals surface area contributed by atoms with Gasteiger partial charge in [-0.25, -0.2) is 12.8 Å². The van der Waals surface area contributed by atoms with Crippen molar-refractivity contribution in [3.8, 4) is 5.75 Å². The minimum absolute atomic E-state index is 0.00246. The van der Waals surface area contributed by atoms with E-state index in [9.17, 15) is 17.6 Å². The molecule has 0 bridgehead atoms. The van der Waals surface area contributed by atoms with Crippen LogP contribution in [0.25, 0.3) is 0 Å². The van der Waals surface area contributed by atoms with Crippen LogP contribution in [0.2, 0.25) is 0 Å². The van der Waals surface area contributed by atoms with E-state index in [2.05, 4.69) is 0 Å². The molecule has 2 aromatic carbocycles. The molecule has 3 rings (SSSR count). The summed E-state index contributed by atoms with van der Waals surface area (Å²) in [5.74, 6) is -0.0695. The van der Waals surface area contributed by atoms with Gasteiger partial charge in [-0.2, -0.15) is 0 Å². The van der Waals surface area contributed by atoms with E-state index in [0.717, 1.165) is 4.31 Å². The molecule has 0 unspecified atom stereocenters. The molecule has 0 N–H and O–H groups in total. The number of ketones is 1. The van der Waals surface area contributed by atoms with E-state index in [1.165, 1.54) is 55.8 Å². The van der Waals surface area contributed by atoms with Crippen molar-refractivity contribution in [1.82, 2.24) is 4.31 Å². The largest absolute Gasteiger partial charge is 0.497 e. The normalized spacial score (nSPS) is 17.6. The summed E-state index contributed by atoms with van der Waals surface area (Å²) in [6, 6.07) is 10.8. The Morgan fingerprint density at radius 3 is 2.32 bits per heavy atom. The predicted molar refractivity (Wildman–Crippen MR) is 89.9 cm³/mol. The molecule has 2 aromatic rings. The Hall–Kier alpha value is -2.67. The van der Waals surface area contributed by atoms with Gasteiger partial charge in [-0.1, -0.05) is 12.1 Å². The van der Waals surface area contributed by atoms with Crippen LogP contribution in [0.4, 0.5) is 4.39 Å². The number of methoxy groups -OCH3 is 1. The summed E-state index contributed by atoms with van der Waals surface area (Å²) in [6.45, 7) is 0. The highest BCUT2D eigenvalue weighted by molar-refractivity contribution is 7.89. The van der Waals surface area contributed by atoms with Gasteiger partial charge in [-0.15, -0.1) is 0 Å². The molecule has 1 aliphatic heterocycles. The van der Waals surface area contributed by atoms with Crippen LogP contribution >= 0.6 is 0 Å². The molecule has 5 nitrogen and oxygen atoms in total. The monoisotopic (exact) mass is 361 g/mol. The minimum Gasteiger partial charge on any atom is -0.497 e. The van der Waals surface area contributed by atoms with Gasteiger partial charge in [0.05, 0.1) is 18.0 Å². The van der Waals surface area contributed by atoms with Crippen molar-refractivity contribution < 1.29 is 22.3 Å². The fraction of sp³-hybridized carbons (Fsp3) is 0.167. The molecule has 7 heteroatoms. The quantitative estimate of drug-likeness (QED) is 0.840. The van der Waals surface area contributed by atoms with Gasteiger partial charge in [-0.05, 0) is 48.0 Å². The third-order valence-electron chi connectivity index (χ3n) is 4.00. The smallest absolute Gasteiger partial charge is 0.264 e. The maximum atomic E-state index is 13.2. The first kappa shape index (κ1) is 17.2. The second-order valence-corrected chi connectivity index (χ2v) is 7.41. The fourth-order valence-corrected chi connectivity index (χ4v) is 4.15. The first-order valence-electron chi connectivity index (χ1n) is 7.56. The average Bonchev–Trinajstić information content (AvgIpc) is 2.62. The number of hydrogen-bond donors (Lipinski definition) is 0. The van der Waals surface area contributed by atoms with Crippen molar-refractivity contribution in [3.63, 3.8) is 0 Å². The number of benzene rings is 2. The summed E-state index contributed by atoms with van der Waals surface area (Å²) >= 11 is 0. The molecule has 0 spiro atoms. The lowest BCUT2D eigenvalue weighted by atomic mass is 9.99. The van der Waals surface area contributed by atoms with E-state index in [4.69, 9.17) is 4.74 Å². The Morgan fingerprint density at radius 1 is 1.08 bits per heavy atom. The summed E-state index contributed by atoms with van der Waals surface area (Å²) in [5.41, 5.74) is 0.552. The lowest BCUT2D eigenvalue weighted by Gasteiger charge is -2.32. The van der Waals surface area contributed by atoms with Crippen molar-refractivity contribution in [2.45, 2.75) is 17.4 Å². The van der Waals surface area contributed by atoms with Gasteiger partial charge < -0.3 is 4.74 Å². The van der Waals surface area contributed by atoms with Gasteiger partial charge >= 0.3 is 0 Å². The zero-order valence-electron chi connectivity index (χ0n) is 13.4. The Labute approximate surface area is 145 Å². The van der Waals surface area contributed by atoms with E-state index in [1.54, 1.807) is 12.1 Å². The number of rotatable bonds is 4. The number of sulfonamides is 1. The topological polar surface area (TPSA) is 63.7 Å². The maximum Gasteiger partial charge on any atom is 0.264 e. The van der Waals surface area contributed by atoms with Gasteiger partial charge in [0.1, 0.15) is 11.6 Å². The number of ether oxygens (including phenoxy) is 1. The van der Waals surface area contributed by atoms with E-state index in [1.807, 2.05) is 0 Å². The van der Waals surface area contributed by atoms with Crippen molar-refractivity contribution in [2.24, 2.45) is 0 Å². The number of halogens is 1. The number of carbonyl (C=O) groups excluding carboxylic acids is 1.